The van der Waals surface area contributed by atoms with Gasteiger partial charge in [0.15, 0.2) is 5.71 Å². The summed E-state index contributed by atoms with van der Waals surface area (Å²) >= 11 is 12.5. The molecule has 2 aromatic rings. The Balaban J connectivity index is 1.92. The Morgan fingerprint density at radius 2 is 1.78 bits per heavy atom. The van der Waals surface area contributed by atoms with E-state index in [-0.39, 0.29) is 30.5 Å². The highest BCUT2D eigenvalue weighted by Crippen LogP contribution is 2.34. The maximum Gasteiger partial charge on any atom is 0.335 e. The van der Waals surface area contributed by atoms with Crippen molar-refractivity contribution in [1.29, 1.82) is 0 Å². The molecule has 27 heavy (non-hydrogen) atoms. The smallest absolute Gasteiger partial charge is 0.317 e. The maximum absolute atomic E-state index is 12.9. The van der Waals surface area contributed by atoms with Gasteiger partial charge in [-0.15, -0.1) is 0 Å². The molecule has 1 amide bonds. The molecule has 0 saturated heterocycles. The molecule has 5 nitrogen and oxygen atoms in total. The van der Waals surface area contributed by atoms with E-state index in [4.69, 9.17) is 28.0 Å². The second-order valence-electron chi connectivity index (χ2n) is 6.61. The molecule has 0 fully saturated rings. The van der Waals surface area contributed by atoms with Gasteiger partial charge < -0.3 is 9.74 Å². The van der Waals surface area contributed by atoms with Crippen LogP contribution < -0.4 is 4.90 Å². The molecule has 7 heteroatoms. The summed E-state index contributed by atoms with van der Waals surface area (Å²) in [5.41, 5.74) is 1.99. The number of oxime groups is 1. The number of halogens is 2. The van der Waals surface area contributed by atoms with Crippen molar-refractivity contribution in [3.63, 3.8) is 0 Å². The fourth-order valence-electron chi connectivity index (χ4n) is 2.82. The SMILES string of the molecule is CC(C)CC(=O)ON=C1C(=O)N(Cc2c(Cl)cccc2Cl)c2ccccc21. The third-order valence-electron chi connectivity index (χ3n) is 4.09. The van der Waals surface area contributed by atoms with Crippen LogP contribution in [0.5, 0.6) is 0 Å². The number of nitrogens with zero attached hydrogens (tertiary/aromatic N) is 2. The van der Waals surface area contributed by atoms with Crippen LogP contribution in [0.2, 0.25) is 10.0 Å². The van der Waals surface area contributed by atoms with Crippen LogP contribution in [0.25, 0.3) is 0 Å². The molecule has 0 N–H and O–H groups in total. The Hall–Kier alpha value is -2.37. The van der Waals surface area contributed by atoms with Crippen LogP contribution in [-0.2, 0) is 21.0 Å². The number of hydrogen-bond donors (Lipinski definition) is 0. The molecule has 0 bridgehead atoms. The second kappa shape index (κ2) is 8.11. The summed E-state index contributed by atoms with van der Waals surface area (Å²) in [6.07, 6.45) is 0.228. The maximum atomic E-state index is 12.9. The van der Waals surface area contributed by atoms with Crippen LogP contribution in [0.1, 0.15) is 31.4 Å². The molecule has 3 rings (SSSR count). The summed E-state index contributed by atoms with van der Waals surface area (Å²) in [6.45, 7) is 3.99. The largest absolute Gasteiger partial charge is 0.335 e. The van der Waals surface area contributed by atoms with Gasteiger partial charge in [-0.05, 0) is 24.1 Å². The molecule has 0 unspecified atom stereocenters. The van der Waals surface area contributed by atoms with Crippen molar-refractivity contribution in [2.75, 3.05) is 4.90 Å². The fourth-order valence-corrected chi connectivity index (χ4v) is 3.33. The number of carbonyl (C=O) groups is 2. The van der Waals surface area contributed by atoms with Crippen molar-refractivity contribution < 1.29 is 14.4 Å². The first-order valence-corrected chi connectivity index (χ1v) is 9.26. The van der Waals surface area contributed by atoms with E-state index in [2.05, 4.69) is 5.16 Å². The van der Waals surface area contributed by atoms with Crippen molar-refractivity contribution in [2.45, 2.75) is 26.8 Å². The lowest BCUT2D eigenvalue weighted by molar-refractivity contribution is -0.144. The summed E-state index contributed by atoms with van der Waals surface area (Å²) < 4.78 is 0. The Morgan fingerprint density at radius 3 is 2.44 bits per heavy atom. The van der Waals surface area contributed by atoms with Gasteiger partial charge in [0.05, 0.1) is 18.7 Å². The summed E-state index contributed by atoms with van der Waals surface area (Å²) in [5, 5.41) is 4.79. The molecule has 0 aromatic heterocycles. The average molecular weight is 405 g/mol. The van der Waals surface area contributed by atoms with Crippen LogP contribution in [0.15, 0.2) is 47.6 Å². The zero-order chi connectivity index (χ0) is 19.6. The zero-order valence-electron chi connectivity index (χ0n) is 14.9. The van der Waals surface area contributed by atoms with E-state index in [9.17, 15) is 9.59 Å². The molecule has 1 aliphatic rings. The summed E-state index contributed by atoms with van der Waals surface area (Å²) in [4.78, 5) is 31.2. The Labute approximate surface area is 167 Å². The molecule has 0 saturated carbocycles. The molecular weight excluding hydrogens is 387 g/mol. The number of hydrogen-bond acceptors (Lipinski definition) is 4. The van der Waals surface area contributed by atoms with Crippen molar-refractivity contribution >= 4 is 46.5 Å². The van der Waals surface area contributed by atoms with Gasteiger partial charge >= 0.3 is 5.97 Å². The normalized spacial score (nSPS) is 14.8. The number of fused-ring (bicyclic) bond motifs is 1. The standard InChI is InChI=1S/C20H18Cl2N2O3/c1-12(2)10-18(25)27-23-19-13-6-3-4-9-17(13)24(20(19)26)11-14-15(21)7-5-8-16(14)22/h3-9,12H,10-11H2,1-2H3. The van der Waals surface area contributed by atoms with E-state index in [0.29, 0.717) is 26.9 Å². The highest BCUT2D eigenvalue weighted by atomic mass is 35.5. The van der Waals surface area contributed by atoms with Gasteiger partial charge in [-0.2, -0.15) is 0 Å². The van der Waals surface area contributed by atoms with E-state index in [0.717, 1.165) is 0 Å². The topological polar surface area (TPSA) is 59.0 Å². The lowest BCUT2D eigenvalue weighted by Crippen LogP contribution is -2.30. The zero-order valence-corrected chi connectivity index (χ0v) is 16.4. The van der Waals surface area contributed by atoms with Crippen LogP contribution in [0.4, 0.5) is 5.69 Å². The first kappa shape index (κ1) is 19.4. The number of carbonyl (C=O) groups excluding carboxylic acids is 2. The Bertz CT molecular complexity index is 905. The van der Waals surface area contributed by atoms with Gasteiger partial charge in [-0.3, -0.25) is 4.79 Å². The monoisotopic (exact) mass is 404 g/mol. The van der Waals surface area contributed by atoms with Gasteiger partial charge in [0, 0.05) is 21.2 Å². The summed E-state index contributed by atoms with van der Waals surface area (Å²) in [6, 6.07) is 12.4. The van der Waals surface area contributed by atoms with Gasteiger partial charge in [-0.1, -0.05) is 66.5 Å². The van der Waals surface area contributed by atoms with Gasteiger partial charge in [-0.25, -0.2) is 4.79 Å². The minimum atomic E-state index is -0.477. The quantitative estimate of drug-likeness (QED) is 0.529. The lowest BCUT2D eigenvalue weighted by Gasteiger charge is -2.18. The minimum Gasteiger partial charge on any atom is -0.317 e. The van der Waals surface area contributed by atoms with Crippen LogP contribution in [-0.4, -0.2) is 17.6 Å². The Morgan fingerprint density at radius 1 is 1.11 bits per heavy atom. The molecule has 0 spiro atoms. The molecule has 1 heterocycles. The first-order valence-electron chi connectivity index (χ1n) is 8.50. The number of amides is 1. The summed E-state index contributed by atoms with van der Waals surface area (Å²) in [7, 11) is 0. The molecule has 0 aliphatic carbocycles. The van der Waals surface area contributed by atoms with Crippen LogP contribution in [0.3, 0.4) is 0 Å². The first-order chi connectivity index (χ1) is 12.9. The molecule has 1 aliphatic heterocycles. The van der Waals surface area contributed by atoms with E-state index in [1.807, 2.05) is 19.9 Å². The minimum absolute atomic E-state index is 0.0888. The lowest BCUT2D eigenvalue weighted by atomic mass is 10.1. The third-order valence-corrected chi connectivity index (χ3v) is 4.80. The molecular formula is C20H18Cl2N2O3. The molecule has 0 atom stereocenters. The van der Waals surface area contributed by atoms with Crippen molar-refractivity contribution in [3.05, 3.63) is 63.6 Å². The van der Waals surface area contributed by atoms with E-state index < -0.39 is 5.97 Å². The van der Waals surface area contributed by atoms with E-state index in [1.165, 1.54) is 4.90 Å². The van der Waals surface area contributed by atoms with Crippen molar-refractivity contribution in [3.8, 4) is 0 Å². The molecule has 2 aromatic carbocycles. The highest BCUT2D eigenvalue weighted by molar-refractivity contribution is 6.54. The predicted molar refractivity (Wildman–Crippen MR) is 106 cm³/mol. The Kier molecular flexibility index (Phi) is 5.82. The molecule has 0 radical (unpaired) electrons. The predicted octanol–water partition coefficient (Wildman–Crippen LogP) is 4.83. The third kappa shape index (κ3) is 4.15. The number of anilines is 1. The van der Waals surface area contributed by atoms with Gasteiger partial charge in [0.2, 0.25) is 0 Å². The van der Waals surface area contributed by atoms with E-state index in [1.54, 1.807) is 36.4 Å². The number of rotatable bonds is 5. The van der Waals surface area contributed by atoms with Crippen LogP contribution >= 0.6 is 23.2 Å². The number of para-hydroxylation sites is 1. The van der Waals surface area contributed by atoms with E-state index >= 15 is 0 Å². The highest BCUT2D eigenvalue weighted by Gasteiger charge is 2.35. The molecule has 140 valence electrons. The second-order valence-corrected chi connectivity index (χ2v) is 7.42. The van der Waals surface area contributed by atoms with Crippen LogP contribution in [0, 0.1) is 5.92 Å². The number of benzene rings is 2. The van der Waals surface area contributed by atoms with Crippen molar-refractivity contribution in [2.24, 2.45) is 11.1 Å². The van der Waals surface area contributed by atoms with Gasteiger partial charge in [0.25, 0.3) is 5.91 Å². The average Bonchev–Trinajstić information content (AvgIpc) is 2.87. The summed E-state index contributed by atoms with van der Waals surface area (Å²) in [5.74, 6) is -0.706. The van der Waals surface area contributed by atoms with Crippen molar-refractivity contribution in [1.82, 2.24) is 0 Å². The van der Waals surface area contributed by atoms with Gasteiger partial charge in [0.1, 0.15) is 0 Å². The fraction of sp³-hybridized carbons (Fsp3) is 0.250.